The minimum atomic E-state index is -0.0530. The quantitative estimate of drug-likeness (QED) is 0.698. The lowest BCUT2D eigenvalue weighted by atomic mass is 9.86. The molecule has 104 valence electrons. The summed E-state index contributed by atoms with van der Waals surface area (Å²) in [6, 6.07) is 9.74. The highest BCUT2D eigenvalue weighted by Crippen LogP contribution is 2.37. The number of phenolic OH excluding ortho intramolecular Hbond substituents is 2. The SMILES string of the molecule is Cc1cccc(C2NCCc3cc(O)c(O)cc32)c1C. The van der Waals surface area contributed by atoms with Crippen LogP contribution in [0, 0.1) is 13.8 Å². The Hall–Kier alpha value is -2.00. The van der Waals surface area contributed by atoms with Gasteiger partial charge in [-0.3, -0.25) is 0 Å². The van der Waals surface area contributed by atoms with Crippen molar-refractivity contribution in [2.75, 3.05) is 6.54 Å². The molecule has 1 aliphatic rings. The van der Waals surface area contributed by atoms with E-state index in [0.29, 0.717) is 0 Å². The molecule has 3 heteroatoms. The number of phenols is 2. The van der Waals surface area contributed by atoms with Gasteiger partial charge in [-0.25, -0.2) is 0 Å². The van der Waals surface area contributed by atoms with Gasteiger partial charge >= 0.3 is 0 Å². The number of aryl methyl sites for hydroxylation is 1. The number of hydrogen-bond donors (Lipinski definition) is 3. The molecule has 0 saturated carbocycles. The van der Waals surface area contributed by atoms with Gasteiger partial charge in [-0.05, 0) is 60.2 Å². The van der Waals surface area contributed by atoms with Crippen LogP contribution in [-0.4, -0.2) is 16.8 Å². The molecule has 2 aromatic rings. The van der Waals surface area contributed by atoms with Gasteiger partial charge in [-0.1, -0.05) is 18.2 Å². The predicted octanol–water partition coefficient (Wildman–Crippen LogP) is 2.95. The Morgan fingerprint density at radius 1 is 1.05 bits per heavy atom. The minimum absolute atomic E-state index is 0.0367. The number of benzene rings is 2. The lowest BCUT2D eigenvalue weighted by Gasteiger charge is -2.29. The van der Waals surface area contributed by atoms with Gasteiger partial charge in [-0.2, -0.15) is 0 Å². The third-order valence-electron chi connectivity index (χ3n) is 4.25. The minimum Gasteiger partial charge on any atom is -0.504 e. The van der Waals surface area contributed by atoms with Gasteiger partial charge in [0.15, 0.2) is 11.5 Å². The molecule has 0 fully saturated rings. The molecule has 2 aromatic carbocycles. The van der Waals surface area contributed by atoms with Crippen molar-refractivity contribution in [3.05, 3.63) is 58.1 Å². The van der Waals surface area contributed by atoms with E-state index in [1.807, 2.05) is 0 Å². The summed E-state index contributed by atoms with van der Waals surface area (Å²) >= 11 is 0. The Morgan fingerprint density at radius 3 is 2.60 bits per heavy atom. The molecule has 0 amide bonds. The van der Waals surface area contributed by atoms with Gasteiger partial charge in [0.2, 0.25) is 0 Å². The zero-order chi connectivity index (χ0) is 14.3. The van der Waals surface area contributed by atoms with Gasteiger partial charge in [0, 0.05) is 6.54 Å². The summed E-state index contributed by atoms with van der Waals surface area (Å²) in [5.74, 6) is -0.0897. The van der Waals surface area contributed by atoms with Gasteiger partial charge in [0.1, 0.15) is 0 Å². The van der Waals surface area contributed by atoms with Crippen LogP contribution in [0.3, 0.4) is 0 Å². The number of fused-ring (bicyclic) bond motifs is 1. The van der Waals surface area contributed by atoms with Crippen LogP contribution in [0.15, 0.2) is 30.3 Å². The van der Waals surface area contributed by atoms with Crippen molar-refractivity contribution in [1.29, 1.82) is 0 Å². The maximum absolute atomic E-state index is 9.79. The second kappa shape index (κ2) is 4.84. The summed E-state index contributed by atoms with van der Waals surface area (Å²) in [7, 11) is 0. The molecule has 0 radical (unpaired) electrons. The third kappa shape index (κ3) is 2.04. The van der Waals surface area contributed by atoms with Gasteiger partial charge in [0.05, 0.1) is 6.04 Å². The summed E-state index contributed by atoms with van der Waals surface area (Å²) in [6.45, 7) is 5.10. The fraction of sp³-hybridized carbons (Fsp3) is 0.294. The van der Waals surface area contributed by atoms with Crippen LogP contribution in [0.4, 0.5) is 0 Å². The Kier molecular flexibility index (Phi) is 3.14. The Balaban J connectivity index is 2.14. The van der Waals surface area contributed by atoms with Crippen LogP contribution < -0.4 is 5.32 Å². The molecule has 3 nitrogen and oxygen atoms in total. The molecule has 1 heterocycles. The average Bonchev–Trinajstić information content (AvgIpc) is 2.43. The molecule has 0 aliphatic carbocycles. The molecule has 1 atom stereocenters. The molecule has 3 rings (SSSR count). The van der Waals surface area contributed by atoms with Crippen molar-refractivity contribution >= 4 is 0 Å². The lowest BCUT2D eigenvalue weighted by molar-refractivity contribution is 0.400. The van der Waals surface area contributed by atoms with Crippen molar-refractivity contribution in [2.24, 2.45) is 0 Å². The van der Waals surface area contributed by atoms with E-state index in [9.17, 15) is 10.2 Å². The molecular formula is C17H19NO2. The fourth-order valence-corrected chi connectivity index (χ4v) is 2.95. The van der Waals surface area contributed by atoms with Crippen LogP contribution in [0.2, 0.25) is 0 Å². The second-order valence-corrected chi connectivity index (χ2v) is 5.47. The number of hydrogen-bond acceptors (Lipinski definition) is 3. The fourth-order valence-electron chi connectivity index (χ4n) is 2.95. The molecule has 1 aliphatic heterocycles. The molecule has 0 bridgehead atoms. The van der Waals surface area contributed by atoms with E-state index >= 15 is 0 Å². The lowest BCUT2D eigenvalue weighted by Crippen LogP contribution is -2.31. The predicted molar refractivity (Wildman–Crippen MR) is 79.2 cm³/mol. The summed E-state index contributed by atoms with van der Waals surface area (Å²) in [5, 5.41) is 23.0. The maximum atomic E-state index is 9.79. The van der Waals surface area contributed by atoms with E-state index in [0.717, 1.165) is 24.1 Å². The molecule has 0 saturated heterocycles. The van der Waals surface area contributed by atoms with Crippen molar-refractivity contribution < 1.29 is 10.2 Å². The highest BCUT2D eigenvalue weighted by molar-refractivity contribution is 5.51. The van der Waals surface area contributed by atoms with Crippen LogP contribution in [0.5, 0.6) is 11.5 Å². The number of aromatic hydroxyl groups is 2. The summed E-state index contributed by atoms with van der Waals surface area (Å²) in [5.41, 5.74) is 5.92. The smallest absolute Gasteiger partial charge is 0.157 e. The van der Waals surface area contributed by atoms with E-state index in [-0.39, 0.29) is 17.5 Å². The number of nitrogens with one attached hydrogen (secondary N) is 1. The van der Waals surface area contributed by atoms with E-state index in [1.165, 1.54) is 16.7 Å². The van der Waals surface area contributed by atoms with Gasteiger partial charge in [0.25, 0.3) is 0 Å². The van der Waals surface area contributed by atoms with E-state index in [2.05, 4.69) is 37.4 Å². The Bertz CT molecular complexity index is 664. The summed E-state index contributed by atoms with van der Waals surface area (Å²) in [4.78, 5) is 0. The Labute approximate surface area is 118 Å². The highest BCUT2D eigenvalue weighted by Gasteiger charge is 2.24. The zero-order valence-corrected chi connectivity index (χ0v) is 11.8. The van der Waals surface area contributed by atoms with Crippen LogP contribution in [-0.2, 0) is 6.42 Å². The van der Waals surface area contributed by atoms with E-state index in [1.54, 1.807) is 12.1 Å². The van der Waals surface area contributed by atoms with Crippen molar-refractivity contribution in [3.8, 4) is 11.5 Å². The average molecular weight is 269 g/mol. The van der Waals surface area contributed by atoms with E-state index in [4.69, 9.17) is 0 Å². The number of rotatable bonds is 1. The van der Waals surface area contributed by atoms with Crippen molar-refractivity contribution in [3.63, 3.8) is 0 Å². The van der Waals surface area contributed by atoms with Gasteiger partial charge in [-0.15, -0.1) is 0 Å². The van der Waals surface area contributed by atoms with Gasteiger partial charge < -0.3 is 15.5 Å². The molecule has 20 heavy (non-hydrogen) atoms. The normalized spacial score (nSPS) is 17.8. The summed E-state index contributed by atoms with van der Waals surface area (Å²) in [6.07, 6.45) is 0.866. The van der Waals surface area contributed by atoms with Crippen molar-refractivity contribution in [2.45, 2.75) is 26.3 Å². The summed E-state index contributed by atoms with van der Waals surface area (Å²) < 4.78 is 0. The highest BCUT2D eigenvalue weighted by atomic mass is 16.3. The molecule has 1 unspecified atom stereocenters. The first-order chi connectivity index (χ1) is 9.58. The molecule has 3 N–H and O–H groups in total. The van der Waals surface area contributed by atoms with Crippen LogP contribution in [0.1, 0.15) is 33.9 Å². The van der Waals surface area contributed by atoms with E-state index < -0.39 is 0 Å². The standard InChI is InChI=1S/C17H19NO2/c1-10-4-3-5-13(11(10)2)17-14-9-16(20)15(19)8-12(14)6-7-18-17/h3-5,8-9,17-20H,6-7H2,1-2H3. The first-order valence-electron chi connectivity index (χ1n) is 6.92. The monoisotopic (exact) mass is 269 g/mol. The van der Waals surface area contributed by atoms with Crippen LogP contribution in [0.25, 0.3) is 0 Å². The molecule has 0 spiro atoms. The molecular weight excluding hydrogens is 250 g/mol. The topological polar surface area (TPSA) is 52.5 Å². The first kappa shape index (κ1) is 13.0. The Morgan fingerprint density at radius 2 is 1.80 bits per heavy atom. The largest absolute Gasteiger partial charge is 0.504 e. The first-order valence-corrected chi connectivity index (χ1v) is 6.92. The molecule has 0 aromatic heterocycles. The zero-order valence-electron chi connectivity index (χ0n) is 11.8. The van der Waals surface area contributed by atoms with Crippen LogP contribution >= 0.6 is 0 Å². The third-order valence-corrected chi connectivity index (χ3v) is 4.25. The second-order valence-electron chi connectivity index (χ2n) is 5.47. The maximum Gasteiger partial charge on any atom is 0.157 e. The van der Waals surface area contributed by atoms with Crippen molar-refractivity contribution in [1.82, 2.24) is 5.32 Å².